The molecule has 0 atom stereocenters. The van der Waals surface area contributed by atoms with Gasteiger partial charge in [-0.15, -0.1) is 0 Å². The molecule has 5 nitrogen and oxygen atoms in total. The van der Waals surface area contributed by atoms with Crippen LogP contribution in [0, 0.1) is 6.92 Å². The van der Waals surface area contributed by atoms with Crippen molar-refractivity contribution >= 4 is 31.9 Å². The summed E-state index contributed by atoms with van der Waals surface area (Å²) in [6.07, 6.45) is 0.642. The molecule has 1 rings (SSSR count). The summed E-state index contributed by atoms with van der Waals surface area (Å²) >= 11 is 3.30. The van der Waals surface area contributed by atoms with Crippen molar-refractivity contribution in [1.82, 2.24) is 9.21 Å². The van der Waals surface area contributed by atoms with Crippen LogP contribution >= 0.6 is 15.9 Å². The molecule has 0 aliphatic heterocycles. The number of carbonyl (C=O) groups excluding carboxylic acids is 1. The van der Waals surface area contributed by atoms with Gasteiger partial charge in [0.05, 0.1) is 11.4 Å². The van der Waals surface area contributed by atoms with E-state index in [9.17, 15) is 13.2 Å². The average Bonchev–Trinajstić information content (AvgIpc) is 2.37. The molecule has 7 heteroatoms. The van der Waals surface area contributed by atoms with Crippen LogP contribution in [0.5, 0.6) is 0 Å². The van der Waals surface area contributed by atoms with Crippen molar-refractivity contribution in [3.63, 3.8) is 0 Å². The molecule has 0 bridgehead atoms. The lowest BCUT2D eigenvalue weighted by atomic mass is 10.2. The molecule has 0 spiro atoms. The summed E-state index contributed by atoms with van der Waals surface area (Å²) in [6.45, 7) is 3.93. The Kier molecular flexibility index (Phi) is 6.37. The van der Waals surface area contributed by atoms with Crippen LogP contribution in [-0.4, -0.2) is 50.7 Å². The van der Waals surface area contributed by atoms with Gasteiger partial charge in [0.15, 0.2) is 0 Å². The van der Waals surface area contributed by atoms with Gasteiger partial charge in [-0.05, 0) is 47.0 Å². The van der Waals surface area contributed by atoms with Gasteiger partial charge in [-0.25, -0.2) is 8.42 Å². The number of aryl methyl sites for hydroxylation is 1. The quantitative estimate of drug-likeness (QED) is 0.764. The number of halogens is 1. The minimum Gasteiger partial charge on any atom is -0.348 e. The van der Waals surface area contributed by atoms with Crippen molar-refractivity contribution in [2.45, 2.75) is 25.2 Å². The molecular formula is C14H21BrN2O3S. The maximum absolute atomic E-state index is 12.7. The van der Waals surface area contributed by atoms with Gasteiger partial charge in [-0.1, -0.05) is 13.0 Å². The van der Waals surface area contributed by atoms with Crippen LogP contribution in [0.2, 0.25) is 0 Å². The van der Waals surface area contributed by atoms with E-state index in [1.54, 1.807) is 32.3 Å². The van der Waals surface area contributed by atoms with Gasteiger partial charge >= 0.3 is 0 Å². The second kappa shape index (κ2) is 7.38. The molecule has 0 N–H and O–H groups in total. The van der Waals surface area contributed by atoms with E-state index in [1.807, 2.05) is 13.8 Å². The van der Waals surface area contributed by atoms with Crippen LogP contribution in [0.1, 0.15) is 18.9 Å². The van der Waals surface area contributed by atoms with Gasteiger partial charge in [0, 0.05) is 25.1 Å². The van der Waals surface area contributed by atoms with E-state index in [1.165, 1.54) is 9.21 Å². The first-order valence-electron chi connectivity index (χ1n) is 6.66. The maximum atomic E-state index is 12.7. The summed E-state index contributed by atoms with van der Waals surface area (Å²) in [6, 6.07) is 5.07. The van der Waals surface area contributed by atoms with Crippen LogP contribution in [0.25, 0.3) is 0 Å². The Morgan fingerprint density at radius 2 is 1.90 bits per heavy atom. The number of nitrogens with zero attached hydrogens (tertiary/aromatic N) is 2. The Hall–Kier alpha value is -0.920. The van der Waals surface area contributed by atoms with Crippen LogP contribution in [0.15, 0.2) is 27.6 Å². The molecule has 21 heavy (non-hydrogen) atoms. The monoisotopic (exact) mass is 376 g/mol. The summed E-state index contributed by atoms with van der Waals surface area (Å²) in [5.74, 6) is -0.241. The maximum Gasteiger partial charge on any atom is 0.244 e. The molecule has 0 heterocycles. The predicted molar refractivity (Wildman–Crippen MR) is 86.6 cm³/mol. The molecular weight excluding hydrogens is 356 g/mol. The lowest BCUT2D eigenvalue weighted by molar-refractivity contribution is -0.128. The van der Waals surface area contributed by atoms with Crippen molar-refractivity contribution in [2.75, 3.05) is 27.2 Å². The van der Waals surface area contributed by atoms with Crippen LogP contribution in [0.3, 0.4) is 0 Å². The molecule has 1 amide bonds. The number of benzene rings is 1. The fourth-order valence-corrected chi connectivity index (χ4v) is 4.41. The molecule has 0 radical (unpaired) electrons. The number of likely N-dealkylation sites (N-methyl/N-ethyl adjacent to an activating group) is 1. The van der Waals surface area contributed by atoms with E-state index < -0.39 is 10.0 Å². The Bertz CT molecular complexity index is 615. The van der Waals surface area contributed by atoms with Crippen LogP contribution in [-0.2, 0) is 14.8 Å². The lowest BCUT2D eigenvalue weighted by Gasteiger charge is -2.23. The van der Waals surface area contributed by atoms with Crippen molar-refractivity contribution in [3.05, 3.63) is 28.2 Å². The molecule has 0 saturated carbocycles. The number of rotatable bonds is 6. The first kappa shape index (κ1) is 18.1. The number of carbonyl (C=O) groups is 1. The van der Waals surface area contributed by atoms with Crippen molar-refractivity contribution in [1.29, 1.82) is 0 Å². The zero-order valence-corrected chi connectivity index (χ0v) is 15.2. The normalized spacial score (nSPS) is 11.7. The van der Waals surface area contributed by atoms with Crippen molar-refractivity contribution < 1.29 is 13.2 Å². The van der Waals surface area contributed by atoms with Gasteiger partial charge in [0.2, 0.25) is 15.9 Å². The summed E-state index contributed by atoms with van der Waals surface area (Å²) in [5, 5.41) is 0. The van der Waals surface area contributed by atoms with E-state index >= 15 is 0 Å². The van der Waals surface area contributed by atoms with Gasteiger partial charge < -0.3 is 4.90 Å². The zero-order chi connectivity index (χ0) is 16.2. The largest absolute Gasteiger partial charge is 0.348 e. The number of hydrogen-bond acceptors (Lipinski definition) is 3. The Morgan fingerprint density at radius 1 is 1.29 bits per heavy atom. The van der Waals surface area contributed by atoms with Gasteiger partial charge in [-0.2, -0.15) is 4.31 Å². The molecule has 0 aromatic heterocycles. The van der Waals surface area contributed by atoms with Gasteiger partial charge in [-0.3, -0.25) is 4.79 Å². The Morgan fingerprint density at radius 3 is 2.38 bits per heavy atom. The number of hydrogen-bond donors (Lipinski definition) is 0. The highest BCUT2D eigenvalue weighted by molar-refractivity contribution is 9.10. The average molecular weight is 377 g/mol. The number of amides is 1. The summed E-state index contributed by atoms with van der Waals surface area (Å²) in [7, 11) is -0.476. The minimum absolute atomic E-state index is 0.149. The first-order valence-corrected chi connectivity index (χ1v) is 8.90. The second-order valence-corrected chi connectivity index (χ2v) is 7.82. The van der Waals surface area contributed by atoms with E-state index in [0.29, 0.717) is 17.4 Å². The van der Waals surface area contributed by atoms with Gasteiger partial charge in [0.25, 0.3) is 0 Å². The van der Waals surface area contributed by atoms with Crippen molar-refractivity contribution in [2.24, 2.45) is 0 Å². The number of sulfonamides is 1. The van der Waals surface area contributed by atoms with Crippen LogP contribution in [0.4, 0.5) is 0 Å². The van der Waals surface area contributed by atoms with Crippen LogP contribution < -0.4 is 0 Å². The molecule has 118 valence electrons. The molecule has 1 aromatic carbocycles. The molecule has 0 saturated heterocycles. The highest BCUT2D eigenvalue weighted by atomic mass is 79.9. The standard InChI is InChI=1S/C14H21BrN2O3S/c1-5-8-17(10-14(18)16(3)4)21(19,20)13-7-6-11(2)9-12(13)15/h6-7,9H,5,8,10H2,1-4H3. The van der Waals surface area contributed by atoms with E-state index in [4.69, 9.17) is 0 Å². The molecule has 0 unspecified atom stereocenters. The van der Waals surface area contributed by atoms with E-state index in [-0.39, 0.29) is 17.3 Å². The Balaban J connectivity index is 3.18. The molecule has 0 aliphatic rings. The topological polar surface area (TPSA) is 57.7 Å². The van der Waals surface area contributed by atoms with Crippen molar-refractivity contribution in [3.8, 4) is 0 Å². The third kappa shape index (κ3) is 4.52. The predicted octanol–water partition coefficient (Wildman–Crippen LogP) is 2.25. The minimum atomic E-state index is -3.70. The van der Waals surface area contributed by atoms with Gasteiger partial charge in [0.1, 0.15) is 0 Å². The summed E-state index contributed by atoms with van der Waals surface area (Å²) in [4.78, 5) is 13.4. The molecule has 1 aromatic rings. The third-order valence-corrected chi connectivity index (χ3v) is 5.81. The first-order chi connectivity index (χ1) is 9.70. The third-order valence-electron chi connectivity index (χ3n) is 2.99. The summed E-state index contributed by atoms with van der Waals surface area (Å²) in [5.41, 5.74) is 0.965. The zero-order valence-electron chi connectivity index (χ0n) is 12.8. The summed E-state index contributed by atoms with van der Waals surface area (Å²) < 4.78 is 27.2. The second-order valence-electron chi connectivity index (χ2n) is 5.06. The highest BCUT2D eigenvalue weighted by Gasteiger charge is 2.28. The Labute approximate surface area is 135 Å². The molecule has 0 fully saturated rings. The van der Waals surface area contributed by atoms with E-state index in [2.05, 4.69) is 15.9 Å². The lowest BCUT2D eigenvalue weighted by Crippen LogP contribution is -2.40. The SMILES string of the molecule is CCCN(CC(=O)N(C)C)S(=O)(=O)c1ccc(C)cc1Br. The molecule has 0 aliphatic carbocycles. The highest BCUT2D eigenvalue weighted by Crippen LogP contribution is 2.26. The van der Waals surface area contributed by atoms with E-state index in [0.717, 1.165) is 5.56 Å². The smallest absolute Gasteiger partial charge is 0.244 e. The fraction of sp³-hybridized carbons (Fsp3) is 0.500. The fourth-order valence-electron chi connectivity index (χ4n) is 1.78.